The van der Waals surface area contributed by atoms with Gasteiger partial charge in [0.25, 0.3) is 0 Å². The smallest absolute Gasteiger partial charge is 0.308 e. The second kappa shape index (κ2) is 7.42. The molecule has 0 radical (unpaired) electrons. The molecule has 0 aromatic heterocycles. The van der Waals surface area contributed by atoms with E-state index in [0.29, 0.717) is 18.5 Å². The van der Waals surface area contributed by atoms with Crippen LogP contribution in [0.1, 0.15) is 18.9 Å². The van der Waals surface area contributed by atoms with Crippen LogP contribution >= 0.6 is 0 Å². The summed E-state index contributed by atoms with van der Waals surface area (Å²) in [5, 5.41) is 19.1. The lowest BCUT2D eigenvalue weighted by molar-refractivity contribution is -0.146. The number of nitrogens with zero attached hydrogens (tertiary/aromatic N) is 1. The Bertz CT molecular complexity index is 605. The van der Waals surface area contributed by atoms with Gasteiger partial charge in [-0.2, -0.15) is 0 Å². The molecule has 1 amide bonds. The van der Waals surface area contributed by atoms with E-state index in [4.69, 9.17) is 9.47 Å². The Kier molecular flexibility index (Phi) is 5.54. The molecule has 1 fully saturated rings. The average Bonchev–Trinajstić information content (AvgIpc) is 2.55. The maximum absolute atomic E-state index is 12.6. The first kappa shape index (κ1) is 17.9. The number of phenols is 1. The Balaban J connectivity index is 2.15. The molecule has 24 heavy (non-hydrogen) atoms. The first-order valence-electron chi connectivity index (χ1n) is 7.80. The van der Waals surface area contributed by atoms with E-state index in [9.17, 15) is 19.8 Å². The van der Waals surface area contributed by atoms with Crippen LogP contribution in [0.3, 0.4) is 0 Å². The summed E-state index contributed by atoms with van der Waals surface area (Å²) in [5.74, 6) is -1.06. The van der Waals surface area contributed by atoms with E-state index < -0.39 is 11.9 Å². The highest BCUT2D eigenvalue weighted by molar-refractivity contribution is 5.80. The zero-order chi connectivity index (χ0) is 17.9. The molecule has 1 saturated heterocycles. The summed E-state index contributed by atoms with van der Waals surface area (Å²) >= 11 is 0. The second-order valence-corrected chi connectivity index (χ2v) is 6.20. The Labute approximate surface area is 140 Å². The molecular weight excluding hydrogens is 314 g/mol. The molecular formula is C17H23NO6. The average molecular weight is 337 g/mol. The number of piperidine rings is 1. The number of aliphatic carboxylic acids is 1. The van der Waals surface area contributed by atoms with Crippen molar-refractivity contribution in [3.05, 3.63) is 17.7 Å². The number of hydrogen-bond donors (Lipinski definition) is 2. The number of benzene rings is 1. The van der Waals surface area contributed by atoms with Crippen LogP contribution in [-0.2, 0) is 16.0 Å². The number of hydrogen-bond acceptors (Lipinski definition) is 5. The number of carboxylic acid groups (broad SMARTS) is 1. The van der Waals surface area contributed by atoms with E-state index in [1.807, 2.05) is 6.92 Å². The van der Waals surface area contributed by atoms with E-state index in [0.717, 1.165) is 0 Å². The first-order valence-corrected chi connectivity index (χ1v) is 7.80. The predicted octanol–water partition coefficient (Wildman–Crippen LogP) is 1.52. The van der Waals surface area contributed by atoms with E-state index in [1.165, 1.54) is 14.2 Å². The molecule has 2 rings (SSSR count). The summed E-state index contributed by atoms with van der Waals surface area (Å²) in [6.45, 7) is 2.72. The number of carbonyl (C=O) groups excluding carboxylic acids is 1. The van der Waals surface area contributed by atoms with Gasteiger partial charge in [-0.25, -0.2) is 0 Å². The number of amides is 1. The largest absolute Gasteiger partial charge is 0.502 e. The molecule has 0 saturated carbocycles. The molecule has 1 aromatic rings. The first-order chi connectivity index (χ1) is 11.3. The number of ether oxygens (including phenoxy) is 2. The van der Waals surface area contributed by atoms with Gasteiger partial charge in [0.15, 0.2) is 11.5 Å². The van der Waals surface area contributed by atoms with Crippen molar-refractivity contribution in [2.45, 2.75) is 19.8 Å². The molecule has 2 atom stereocenters. The number of aromatic hydroxyl groups is 1. The van der Waals surface area contributed by atoms with Gasteiger partial charge in [0.1, 0.15) is 0 Å². The molecule has 0 spiro atoms. The minimum Gasteiger partial charge on any atom is -0.502 e. The number of carbonyl (C=O) groups is 2. The highest BCUT2D eigenvalue weighted by atomic mass is 16.5. The third kappa shape index (κ3) is 3.90. The molecule has 2 N–H and O–H groups in total. The van der Waals surface area contributed by atoms with Crippen LogP contribution in [0.15, 0.2) is 12.1 Å². The molecule has 1 aliphatic rings. The third-order valence-electron chi connectivity index (χ3n) is 4.26. The normalized spacial score (nSPS) is 20.5. The maximum atomic E-state index is 12.6. The Morgan fingerprint density at radius 1 is 1.21 bits per heavy atom. The minimum absolute atomic E-state index is 0.0893. The standard InChI is InChI=1S/C17H23NO6/c1-10-4-12(17(21)22)9-18(8-10)15(19)7-11-5-13(23-2)16(20)14(6-11)24-3/h5-6,10,12,20H,4,7-9H2,1-3H3,(H,21,22). The Morgan fingerprint density at radius 3 is 2.29 bits per heavy atom. The van der Waals surface area contributed by atoms with Crippen LogP contribution in [0.5, 0.6) is 17.2 Å². The summed E-state index contributed by atoms with van der Waals surface area (Å²) in [6.07, 6.45) is 0.673. The van der Waals surface area contributed by atoms with Crippen molar-refractivity contribution in [1.82, 2.24) is 4.90 Å². The lowest BCUT2D eigenvalue weighted by Crippen LogP contribution is -2.46. The summed E-state index contributed by atoms with van der Waals surface area (Å²) in [7, 11) is 2.84. The van der Waals surface area contributed by atoms with Crippen LogP contribution in [0.2, 0.25) is 0 Å². The maximum Gasteiger partial charge on any atom is 0.308 e. The molecule has 0 aliphatic carbocycles. The van der Waals surface area contributed by atoms with Crippen LogP contribution in [-0.4, -0.2) is 54.3 Å². The van der Waals surface area contributed by atoms with E-state index in [2.05, 4.69) is 0 Å². The monoisotopic (exact) mass is 337 g/mol. The summed E-state index contributed by atoms with van der Waals surface area (Å²) < 4.78 is 10.2. The molecule has 0 bridgehead atoms. The molecule has 7 nitrogen and oxygen atoms in total. The van der Waals surface area contributed by atoms with E-state index >= 15 is 0 Å². The van der Waals surface area contributed by atoms with Gasteiger partial charge in [0, 0.05) is 13.1 Å². The molecule has 7 heteroatoms. The highest BCUT2D eigenvalue weighted by Crippen LogP contribution is 2.37. The van der Waals surface area contributed by atoms with Crippen LogP contribution < -0.4 is 9.47 Å². The van der Waals surface area contributed by atoms with Crippen molar-refractivity contribution in [3.63, 3.8) is 0 Å². The number of rotatable bonds is 5. The number of likely N-dealkylation sites (tertiary alicyclic amines) is 1. The van der Waals surface area contributed by atoms with Crippen molar-refractivity contribution < 1.29 is 29.3 Å². The van der Waals surface area contributed by atoms with Crippen molar-refractivity contribution in [3.8, 4) is 17.2 Å². The third-order valence-corrected chi connectivity index (χ3v) is 4.26. The number of methoxy groups -OCH3 is 2. The fourth-order valence-electron chi connectivity index (χ4n) is 3.07. The molecule has 2 unspecified atom stereocenters. The van der Waals surface area contributed by atoms with Crippen molar-refractivity contribution in [1.29, 1.82) is 0 Å². The highest BCUT2D eigenvalue weighted by Gasteiger charge is 2.31. The van der Waals surface area contributed by atoms with Gasteiger partial charge in [-0.15, -0.1) is 0 Å². The molecule has 1 aliphatic heterocycles. The van der Waals surface area contributed by atoms with Crippen LogP contribution in [0.25, 0.3) is 0 Å². The van der Waals surface area contributed by atoms with Gasteiger partial charge in [-0.05, 0) is 30.0 Å². The van der Waals surface area contributed by atoms with Crippen LogP contribution in [0.4, 0.5) is 0 Å². The fourth-order valence-corrected chi connectivity index (χ4v) is 3.07. The van der Waals surface area contributed by atoms with E-state index in [1.54, 1.807) is 17.0 Å². The van der Waals surface area contributed by atoms with Crippen molar-refractivity contribution in [2.75, 3.05) is 27.3 Å². The van der Waals surface area contributed by atoms with Gasteiger partial charge in [0.2, 0.25) is 11.7 Å². The van der Waals surface area contributed by atoms with Gasteiger partial charge < -0.3 is 24.6 Å². The zero-order valence-electron chi connectivity index (χ0n) is 14.1. The Hall–Kier alpha value is -2.44. The molecule has 1 aromatic carbocycles. The lowest BCUT2D eigenvalue weighted by Gasteiger charge is -2.34. The van der Waals surface area contributed by atoms with Gasteiger partial charge >= 0.3 is 5.97 Å². The lowest BCUT2D eigenvalue weighted by atomic mass is 9.90. The second-order valence-electron chi connectivity index (χ2n) is 6.20. The predicted molar refractivity (Wildman–Crippen MR) is 86.4 cm³/mol. The molecule has 1 heterocycles. The van der Waals surface area contributed by atoms with E-state index in [-0.39, 0.29) is 42.0 Å². The Morgan fingerprint density at radius 2 is 1.79 bits per heavy atom. The zero-order valence-corrected chi connectivity index (χ0v) is 14.1. The minimum atomic E-state index is -0.868. The summed E-state index contributed by atoms with van der Waals surface area (Å²) in [5.41, 5.74) is 0.636. The van der Waals surface area contributed by atoms with Gasteiger partial charge in [0.05, 0.1) is 26.6 Å². The van der Waals surface area contributed by atoms with Gasteiger partial charge in [-0.1, -0.05) is 6.92 Å². The number of phenolic OH excluding ortho intramolecular Hbond substituents is 1. The summed E-state index contributed by atoms with van der Waals surface area (Å²) in [6, 6.07) is 3.16. The number of carboxylic acids is 1. The van der Waals surface area contributed by atoms with Crippen molar-refractivity contribution >= 4 is 11.9 Å². The quantitative estimate of drug-likeness (QED) is 0.846. The van der Waals surface area contributed by atoms with Crippen molar-refractivity contribution in [2.24, 2.45) is 11.8 Å². The van der Waals surface area contributed by atoms with Crippen LogP contribution in [0, 0.1) is 11.8 Å². The topological polar surface area (TPSA) is 96.3 Å². The fraction of sp³-hybridized carbons (Fsp3) is 0.529. The van der Waals surface area contributed by atoms with Gasteiger partial charge in [-0.3, -0.25) is 9.59 Å². The summed E-state index contributed by atoms with van der Waals surface area (Å²) in [4.78, 5) is 25.4. The molecule has 132 valence electrons. The SMILES string of the molecule is COc1cc(CC(=O)N2CC(C)CC(C(=O)O)C2)cc(OC)c1O.